The Hall–Kier alpha value is -0.110. The van der Waals surface area contributed by atoms with Crippen LogP contribution in [0.2, 0.25) is 0 Å². The van der Waals surface area contributed by atoms with Crippen molar-refractivity contribution < 1.29 is 14.3 Å². The number of halogens is 2. The fourth-order valence-electron chi connectivity index (χ4n) is 3.31. The highest BCUT2D eigenvalue weighted by molar-refractivity contribution is 5.85. The summed E-state index contributed by atoms with van der Waals surface area (Å²) in [6.07, 6.45) is 2.08. The lowest BCUT2D eigenvalue weighted by Crippen LogP contribution is -2.56. The zero-order valence-electron chi connectivity index (χ0n) is 12.9. The summed E-state index contributed by atoms with van der Waals surface area (Å²) < 4.78 is 11.0. The van der Waals surface area contributed by atoms with Crippen LogP contribution in [0.5, 0.6) is 0 Å². The first-order chi connectivity index (χ1) is 9.84. The van der Waals surface area contributed by atoms with Gasteiger partial charge in [0.2, 0.25) is 0 Å². The van der Waals surface area contributed by atoms with E-state index in [1.807, 2.05) is 4.90 Å². The average molecular weight is 356 g/mol. The second-order valence-electron chi connectivity index (χ2n) is 5.77. The Kier molecular flexibility index (Phi) is 8.97. The summed E-state index contributed by atoms with van der Waals surface area (Å²) in [6.45, 7) is 7.25. The fraction of sp³-hybridized carbons (Fsp3) is 0.929. The lowest BCUT2D eigenvalue weighted by atomic mass is 10.0. The van der Waals surface area contributed by atoms with E-state index in [1.54, 1.807) is 0 Å². The molecule has 0 aromatic heterocycles. The van der Waals surface area contributed by atoms with E-state index >= 15 is 0 Å². The number of hydrogen-bond acceptors (Lipinski definition) is 5. The first kappa shape index (κ1) is 19.9. The number of carbonyl (C=O) groups is 1. The molecule has 3 aliphatic heterocycles. The van der Waals surface area contributed by atoms with E-state index in [-0.39, 0.29) is 36.8 Å². The van der Waals surface area contributed by atoms with E-state index in [4.69, 9.17) is 9.47 Å². The summed E-state index contributed by atoms with van der Waals surface area (Å²) >= 11 is 0. The van der Waals surface area contributed by atoms with E-state index in [2.05, 4.69) is 10.2 Å². The molecule has 0 saturated carbocycles. The van der Waals surface area contributed by atoms with Crippen molar-refractivity contribution in [3.63, 3.8) is 0 Å². The van der Waals surface area contributed by atoms with Gasteiger partial charge in [0.1, 0.15) is 6.10 Å². The Morgan fingerprint density at radius 2 is 1.68 bits per heavy atom. The molecule has 1 unspecified atom stereocenters. The Morgan fingerprint density at radius 1 is 1.00 bits per heavy atom. The topological polar surface area (TPSA) is 54.0 Å². The molecule has 1 N–H and O–H groups in total. The lowest BCUT2D eigenvalue weighted by molar-refractivity contribution is -0.154. The Balaban J connectivity index is 0.00000121. The first-order valence-electron chi connectivity index (χ1n) is 7.77. The lowest BCUT2D eigenvalue weighted by Gasteiger charge is -2.41. The number of amides is 1. The molecule has 22 heavy (non-hydrogen) atoms. The Labute approximate surface area is 144 Å². The number of ether oxygens (including phenoxy) is 2. The van der Waals surface area contributed by atoms with Gasteiger partial charge in [0.25, 0.3) is 5.91 Å². The van der Waals surface area contributed by atoms with Gasteiger partial charge in [-0.05, 0) is 25.9 Å². The molecule has 3 fully saturated rings. The summed E-state index contributed by atoms with van der Waals surface area (Å²) in [5.74, 6) is 0.145. The molecule has 0 aromatic carbocycles. The van der Waals surface area contributed by atoms with Gasteiger partial charge in [-0.25, -0.2) is 0 Å². The van der Waals surface area contributed by atoms with Crippen molar-refractivity contribution >= 4 is 30.7 Å². The van der Waals surface area contributed by atoms with Crippen LogP contribution >= 0.6 is 24.8 Å². The van der Waals surface area contributed by atoms with Crippen LogP contribution in [-0.4, -0.2) is 86.9 Å². The first-order valence-corrected chi connectivity index (χ1v) is 7.77. The van der Waals surface area contributed by atoms with Crippen molar-refractivity contribution in [2.45, 2.75) is 25.0 Å². The molecule has 8 heteroatoms. The number of piperidine rings is 1. The summed E-state index contributed by atoms with van der Waals surface area (Å²) in [7, 11) is 0. The van der Waals surface area contributed by atoms with Gasteiger partial charge in [-0.2, -0.15) is 0 Å². The van der Waals surface area contributed by atoms with Gasteiger partial charge < -0.3 is 19.7 Å². The molecule has 1 atom stereocenters. The minimum atomic E-state index is -0.281. The van der Waals surface area contributed by atoms with Crippen molar-refractivity contribution in [2.75, 3.05) is 59.1 Å². The van der Waals surface area contributed by atoms with Crippen LogP contribution in [0.1, 0.15) is 12.8 Å². The summed E-state index contributed by atoms with van der Waals surface area (Å²) in [6, 6.07) is 0.611. The monoisotopic (exact) mass is 355 g/mol. The molecule has 3 heterocycles. The third kappa shape index (κ3) is 4.94. The number of carbonyl (C=O) groups excluding carboxylic acids is 1. The minimum Gasteiger partial charge on any atom is -0.378 e. The highest BCUT2D eigenvalue weighted by Crippen LogP contribution is 2.17. The molecule has 1 amide bonds. The highest BCUT2D eigenvalue weighted by Gasteiger charge is 2.33. The molecule has 6 nitrogen and oxygen atoms in total. The van der Waals surface area contributed by atoms with Crippen LogP contribution in [0, 0.1) is 0 Å². The predicted molar refractivity (Wildman–Crippen MR) is 89.1 cm³/mol. The fourth-order valence-corrected chi connectivity index (χ4v) is 3.31. The van der Waals surface area contributed by atoms with E-state index < -0.39 is 0 Å². The van der Waals surface area contributed by atoms with Gasteiger partial charge in [0, 0.05) is 32.2 Å². The summed E-state index contributed by atoms with van der Waals surface area (Å²) in [5.41, 5.74) is 0. The van der Waals surface area contributed by atoms with Crippen molar-refractivity contribution in [3.05, 3.63) is 0 Å². The molecule has 3 rings (SSSR count). The quantitative estimate of drug-likeness (QED) is 0.763. The summed E-state index contributed by atoms with van der Waals surface area (Å²) in [4.78, 5) is 16.8. The smallest absolute Gasteiger partial charge is 0.253 e. The van der Waals surface area contributed by atoms with E-state index in [1.165, 1.54) is 12.8 Å². The summed E-state index contributed by atoms with van der Waals surface area (Å²) in [5, 5.41) is 3.39. The maximum atomic E-state index is 12.5. The molecular weight excluding hydrogens is 329 g/mol. The van der Waals surface area contributed by atoms with Gasteiger partial charge in [-0.1, -0.05) is 0 Å². The number of hydrogen-bond donors (Lipinski definition) is 1. The number of nitrogens with one attached hydrogen (secondary N) is 1. The maximum absolute atomic E-state index is 12.5. The van der Waals surface area contributed by atoms with E-state index in [0.29, 0.717) is 39.0 Å². The number of morpholine rings is 2. The second kappa shape index (κ2) is 9.90. The molecule has 0 bridgehead atoms. The standard InChI is InChI=1S/C14H25N3O3.2ClH/c18-14(16-5-8-19-9-6-16)13-11-17(7-10-20-13)12-1-3-15-4-2-12;;/h12-13,15H,1-11H2;2*1H. The SMILES string of the molecule is Cl.Cl.O=C(C1CN(C2CCNCC2)CCO1)N1CCOCC1. The zero-order valence-corrected chi connectivity index (χ0v) is 14.5. The molecule has 0 aromatic rings. The van der Waals surface area contributed by atoms with Gasteiger partial charge in [0.05, 0.1) is 19.8 Å². The van der Waals surface area contributed by atoms with Crippen molar-refractivity contribution in [3.8, 4) is 0 Å². The average Bonchev–Trinajstić information content (AvgIpc) is 2.56. The van der Waals surface area contributed by atoms with E-state index in [0.717, 1.165) is 26.2 Å². The Morgan fingerprint density at radius 3 is 2.36 bits per heavy atom. The maximum Gasteiger partial charge on any atom is 0.253 e. The van der Waals surface area contributed by atoms with Gasteiger partial charge >= 0.3 is 0 Å². The second-order valence-corrected chi connectivity index (χ2v) is 5.77. The van der Waals surface area contributed by atoms with Crippen LogP contribution in [0.3, 0.4) is 0 Å². The van der Waals surface area contributed by atoms with Crippen LogP contribution in [0.15, 0.2) is 0 Å². The molecule has 3 aliphatic rings. The van der Waals surface area contributed by atoms with E-state index in [9.17, 15) is 4.79 Å². The van der Waals surface area contributed by atoms with Crippen molar-refractivity contribution in [1.82, 2.24) is 15.1 Å². The third-order valence-corrected chi connectivity index (χ3v) is 4.52. The molecular formula is C14H27Cl2N3O3. The molecule has 3 saturated heterocycles. The van der Waals surface area contributed by atoms with Crippen molar-refractivity contribution in [1.29, 1.82) is 0 Å². The zero-order chi connectivity index (χ0) is 13.8. The normalized spacial score (nSPS) is 27.6. The van der Waals surface area contributed by atoms with Gasteiger partial charge in [-0.3, -0.25) is 9.69 Å². The largest absolute Gasteiger partial charge is 0.378 e. The molecule has 130 valence electrons. The predicted octanol–water partition coefficient (Wildman–Crippen LogP) is 0.142. The van der Waals surface area contributed by atoms with Crippen LogP contribution in [-0.2, 0) is 14.3 Å². The van der Waals surface area contributed by atoms with Gasteiger partial charge in [0.15, 0.2) is 0 Å². The molecule has 0 radical (unpaired) electrons. The van der Waals surface area contributed by atoms with Crippen LogP contribution in [0.25, 0.3) is 0 Å². The van der Waals surface area contributed by atoms with Crippen LogP contribution < -0.4 is 5.32 Å². The third-order valence-electron chi connectivity index (χ3n) is 4.52. The van der Waals surface area contributed by atoms with Crippen molar-refractivity contribution in [2.24, 2.45) is 0 Å². The Bertz CT molecular complexity index is 337. The molecule has 0 spiro atoms. The number of rotatable bonds is 2. The molecule has 0 aliphatic carbocycles. The van der Waals surface area contributed by atoms with Crippen LogP contribution in [0.4, 0.5) is 0 Å². The van der Waals surface area contributed by atoms with Gasteiger partial charge in [-0.15, -0.1) is 24.8 Å². The number of nitrogens with zero attached hydrogens (tertiary/aromatic N) is 2. The highest BCUT2D eigenvalue weighted by atomic mass is 35.5. The minimum absolute atomic E-state index is 0.